The highest BCUT2D eigenvalue weighted by molar-refractivity contribution is 7.98. The molecule has 2 aliphatic rings. The number of nitrogens with two attached hydrogens (primary N) is 1. The van der Waals surface area contributed by atoms with Gasteiger partial charge in [-0.15, -0.1) is 0 Å². The summed E-state index contributed by atoms with van der Waals surface area (Å²) in [7, 11) is 0. The summed E-state index contributed by atoms with van der Waals surface area (Å²) >= 11 is 1.34. The van der Waals surface area contributed by atoms with E-state index in [1.807, 2.05) is 10.6 Å². The van der Waals surface area contributed by atoms with Crippen LogP contribution in [0.25, 0.3) is 0 Å². The van der Waals surface area contributed by atoms with Gasteiger partial charge in [0.1, 0.15) is 66.5 Å². The largest absolute Gasteiger partial charge is 0.481 e. The molecule has 2 saturated heterocycles. The fourth-order valence-electron chi connectivity index (χ4n) is 10.2. The molecule has 94 heavy (non-hydrogen) atoms. The summed E-state index contributed by atoms with van der Waals surface area (Å²) in [6, 6.07) is -12.0. The Balaban J connectivity index is 1.85. The molecule has 0 bridgehead atoms. The first-order valence-electron chi connectivity index (χ1n) is 30.2. The number of hydrogen-bond acceptors (Lipinski definition) is 20. The number of nitrogens with zero attached hydrogens (tertiary/aromatic N) is 2. The normalized spacial score (nSPS) is 17.6. The number of aliphatic hydroxyl groups excluding tert-OH is 2. The quantitative estimate of drug-likeness (QED) is 0.0292. The Kier molecular flexibility index (Phi) is 32.7. The monoisotopic (exact) mass is 1350 g/mol. The van der Waals surface area contributed by atoms with Crippen molar-refractivity contribution < 1.29 is 112 Å². The van der Waals surface area contributed by atoms with Gasteiger partial charge in [-0.2, -0.15) is 11.8 Å². The minimum Gasteiger partial charge on any atom is -0.481 e. The number of carbonyl (C=O) groups excluding carboxylic acids is 11. The van der Waals surface area contributed by atoms with Crippen LogP contribution in [-0.2, 0) is 83.1 Å². The lowest BCUT2D eigenvalue weighted by Gasteiger charge is -2.32. The number of carboxylic acids is 5. The van der Waals surface area contributed by atoms with Crippen molar-refractivity contribution in [1.82, 2.24) is 57.7 Å². The minimum absolute atomic E-state index is 0.00190. The Morgan fingerprint density at radius 3 is 1.46 bits per heavy atom. The molecule has 0 spiro atoms. The molecule has 11 amide bonds. The Bertz CT molecular complexity index is 2900. The van der Waals surface area contributed by atoms with Crippen molar-refractivity contribution in [2.75, 3.05) is 38.3 Å². The van der Waals surface area contributed by atoms with Gasteiger partial charge in [-0.05, 0) is 74.4 Å². The average molecular weight is 1350 g/mol. The van der Waals surface area contributed by atoms with Gasteiger partial charge >= 0.3 is 29.8 Å². The van der Waals surface area contributed by atoms with Gasteiger partial charge in [0.15, 0.2) is 0 Å². The van der Waals surface area contributed by atoms with Gasteiger partial charge in [0.05, 0.1) is 38.5 Å². The highest BCUT2D eigenvalue weighted by Crippen LogP contribution is 2.26. The second-order valence-electron chi connectivity index (χ2n) is 23.2. The Morgan fingerprint density at radius 2 is 0.957 bits per heavy atom. The number of rotatable bonds is 40. The van der Waals surface area contributed by atoms with E-state index in [4.69, 9.17) is 10.8 Å². The summed E-state index contributed by atoms with van der Waals surface area (Å²) in [6.07, 6.45) is -2.68. The molecule has 12 atom stereocenters. The van der Waals surface area contributed by atoms with Gasteiger partial charge in [-0.3, -0.25) is 71.9 Å². The second-order valence-corrected chi connectivity index (χ2v) is 24.2. The van der Waals surface area contributed by atoms with Crippen LogP contribution in [0.3, 0.4) is 0 Å². The second kappa shape index (κ2) is 38.9. The third-order valence-electron chi connectivity index (χ3n) is 15.0. The molecule has 2 aliphatic heterocycles. The third kappa shape index (κ3) is 25.5. The number of aliphatic hydroxyl groups is 2. The van der Waals surface area contributed by atoms with Crippen LogP contribution >= 0.6 is 11.8 Å². The summed E-state index contributed by atoms with van der Waals surface area (Å²) in [5.74, 6) is -20.6. The van der Waals surface area contributed by atoms with Crippen molar-refractivity contribution in [2.45, 2.75) is 177 Å². The number of carbonyl (C=O) groups is 16. The average Bonchev–Trinajstić information content (AvgIpc) is 1.63. The number of amides is 11. The van der Waals surface area contributed by atoms with Crippen LogP contribution in [0.15, 0.2) is 30.3 Å². The van der Waals surface area contributed by atoms with Crippen LogP contribution in [0.5, 0.6) is 0 Å². The van der Waals surface area contributed by atoms with E-state index in [2.05, 4.69) is 37.2 Å². The minimum atomic E-state index is -2.24. The number of benzene rings is 1. The van der Waals surface area contributed by atoms with Crippen LogP contribution in [0, 0.1) is 11.8 Å². The van der Waals surface area contributed by atoms with E-state index in [0.29, 0.717) is 17.7 Å². The van der Waals surface area contributed by atoms with Crippen LogP contribution < -0.4 is 53.6 Å². The van der Waals surface area contributed by atoms with Crippen molar-refractivity contribution in [3.05, 3.63) is 35.9 Å². The standard InChI is InChI=1S/C58H86N12O23S/c1-28(2)21-34(48(82)61-33(58(92)93)17-20-94-5)62-53(87)39(27-72)67-55(89)46(29(3)4)68-51(85)35(22-30-11-7-6-8-12-30)63-47(81)32(15-16-42(73)74)60-49(83)36(24-44(77)78)64-50(84)37(25-45(79)80)65-52(86)38(26-71)66-54(88)40-13-9-18-69(40)57(91)41-14-10-19-70(41)56(90)31(59)23-43(75)76/h6-8,11-12,28-29,31-41,46,71-72H,9-10,13-27,59H2,1-5H3,(H,60,83)(H,61,82)(H,62,87)(H,63,81)(H,64,84)(H,65,86)(H,66,88)(H,67,89)(H,68,85)(H,73,74)(H,75,76)(H,77,78)(H,79,80)(H,92,93). The highest BCUT2D eigenvalue weighted by atomic mass is 32.2. The topological polar surface area (TPSA) is 555 Å². The molecule has 1 aromatic rings. The van der Waals surface area contributed by atoms with Crippen molar-refractivity contribution in [1.29, 1.82) is 0 Å². The molecule has 0 radical (unpaired) electrons. The lowest BCUT2D eigenvalue weighted by molar-refractivity contribution is -0.148. The number of likely N-dealkylation sites (tertiary alicyclic amines) is 2. The number of thioether (sulfide) groups is 1. The molecule has 0 aromatic heterocycles. The van der Waals surface area contributed by atoms with Crippen molar-refractivity contribution >= 4 is 107 Å². The van der Waals surface area contributed by atoms with Gasteiger partial charge in [-0.25, -0.2) is 4.79 Å². The van der Waals surface area contributed by atoms with E-state index in [0.717, 1.165) is 9.80 Å². The zero-order valence-electron chi connectivity index (χ0n) is 52.5. The van der Waals surface area contributed by atoms with E-state index in [-0.39, 0.29) is 57.5 Å². The Labute approximate surface area is 543 Å². The summed E-state index contributed by atoms with van der Waals surface area (Å²) in [6.45, 7) is 4.26. The van der Waals surface area contributed by atoms with E-state index < -0.39 is 219 Å². The van der Waals surface area contributed by atoms with Gasteiger partial charge in [0.25, 0.3) is 0 Å². The summed E-state index contributed by atoms with van der Waals surface area (Å²) in [5, 5.41) is 89.1. The van der Waals surface area contributed by atoms with Crippen LogP contribution in [0.2, 0.25) is 0 Å². The maximum atomic E-state index is 14.4. The molecule has 2 heterocycles. The van der Waals surface area contributed by atoms with E-state index in [1.165, 1.54) is 25.6 Å². The van der Waals surface area contributed by atoms with E-state index in [1.54, 1.807) is 50.4 Å². The number of nitrogens with one attached hydrogen (secondary N) is 9. The highest BCUT2D eigenvalue weighted by Gasteiger charge is 2.45. The number of aliphatic carboxylic acids is 5. The molecular formula is C58H86N12O23S. The van der Waals surface area contributed by atoms with Crippen LogP contribution in [-0.4, -0.2) is 251 Å². The molecule has 3 rings (SSSR count). The number of carboxylic acid groups (broad SMARTS) is 5. The molecular weight excluding hydrogens is 1260 g/mol. The van der Waals surface area contributed by atoms with Crippen LogP contribution in [0.1, 0.15) is 104 Å². The molecule has 2 fully saturated rings. The maximum Gasteiger partial charge on any atom is 0.326 e. The van der Waals surface area contributed by atoms with E-state index in [9.17, 15) is 107 Å². The molecule has 1 aromatic carbocycles. The fraction of sp³-hybridized carbons (Fsp3) is 0.621. The molecule has 18 N–H and O–H groups in total. The first-order chi connectivity index (χ1) is 44.2. The maximum absolute atomic E-state index is 14.4. The van der Waals surface area contributed by atoms with Gasteiger partial charge in [-0.1, -0.05) is 58.0 Å². The van der Waals surface area contributed by atoms with Crippen molar-refractivity contribution in [2.24, 2.45) is 17.6 Å². The van der Waals surface area contributed by atoms with Gasteiger partial charge in [0, 0.05) is 25.9 Å². The van der Waals surface area contributed by atoms with Crippen LogP contribution in [0.4, 0.5) is 0 Å². The molecule has 36 heteroatoms. The molecule has 35 nitrogen and oxygen atoms in total. The fourth-order valence-corrected chi connectivity index (χ4v) is 10.6. The first-order valence-corrected chi connectivity index (χ1v) is 31.6. The third-order valence-corrected chi connectivity index (χ3v) is 15.7. The summed E-state index contributed by atoms with van der Waals surface area (Å²) in [4.78, 5) is 213. The van der Waals surface area contributed by atoms with Gasteiger partial charge < -0.3 is 99.1 Å². The van der Waals surface area contributed by atoms with E-state index >= 15 is 0 Å². The summed E-state index contributed by atoms with van der Waals surface area (Å²) in [5.41, 5.74) is 6.18. The molecule has 0 saturated carbocycles. The predicted octanol–water partition coefficient (Wildman–Crippen LogP) is -5.29. The predicted molar refractivity (Wildman–Crippen MR) is 328 cm³/mol. The first kappa shape index (κ1) is 79.2. The van der Waals surface area contributed by atoms with Crippen molar-refractivity contribution in [3.63, 3.8) is 0 Å². The Hall–Kier alpha value is -9.03. The zero-order chi connectivity index (χ0) is 70.7. The molecule has 0 aliphatic carbocycles. The number of hydrogen-bond donors (Lipinski definition) is 17. The molecule has 12 unspecified atom stereocenters. The lowest BCUT2D eigenvalue weighted by Crippen LogP contribution is -2.62. The lowest BCUT2D eigenvalue weighted by atomic mass is 10.00. The Morgan fingerprint density at radius 1 is 0.511 bits per heavy atom. The molecule has 522 valence electrons. The zero-order valence-corrected chi connectivity index (χ0v) is 53.3. The SMILES string of the molecule is CSCCC(NC(=O)C(CC(C)C)NC(=O)C(CO)NC(=O)C(NC(=O)C(Cc1ccccc1)NC(=O)C(CCC(=O)O)NC(=O)C(CC(=O)O)NC(=O)C(CC(=O)O)NC(=O)C(CO)NC(=O)C1CCCN1C(=O)C1CCCN1C(=O)C(N)CC(=O)O)C(C)C)C(=O)O. The smallest absolute Gasteiger partial charge is 0.326 e. The van der Waals surface area contributed by atoms with Gasteiger partial charge in [0.2, 0.25) is 65.0 Å². The summed E-state index contributed by atoms with van der Waals surface area (Å²) < 4.78 is 0. The van der Waals surface area contributed by atoms with Crippen molar-refractivity contribution in [3.8, 4) is 0 Å².